The number of benzene rings is 1. The Morgan fingerprint density at radius 3 is 2.80 bits per heavy atom. The van der Waals surface area contributed by atoms with Crippen molar-refractivity contribution in [2.45, 2.75) is 12.8 Å². The average molecular weight is 205 g/mol. The van der Waals surface area contributed by atoms with E-state index in [1.165, 1.54) is 4.90 Å². The summed E-state index contributed by atoms with van der Waals surface area (Å²) in [5, 5.41) is 0. The second kappa shape index (κ2) is 6.02. The number of carbonyl (C=O) groups excluding carboxylic acids is 1. The van der Waals surface area contributed by atoms with Gasteiger partial charge in [0, 0.05) is 22.7 Å². The molecule has 2 nitrogen and oxygen atoms in total. The predicted molar refractivity (Wildman–Crippen MR) is 62.6 cm³/mol. The number of rotatable bonds is 5. The van der Waals surface area contributed by atoms with Crippen molar-refractivity contribution in [3.8, 4) is 0 Å². The SMILES string of the molecule is [2H]C(C(=O)N(C)CC=C)C([2H])c1ccccc1. The van der Waals surface area contributed by atoms with E-state index in [9.17, 15) is 4.79 Å². The summed E-state index contributed by atoms with van der Waals surface area (Å²) >= 11 is 0. The third-order valence-electron chi connectivity index (χ3n) is 2.00. The molecule has 0 aliphatic rings. The molecular formula is C13H17NO. The summed E-state index contributed by atoms with van der Waals surface area (Å²) in [4.78, 5) is 13.2. The van der Waals surface area contributed by atoms with Gasteiger partial charge in [-0.2, -0.15) is 0 Å². The zero-order chi connectivity index (χ0) is 12.8. The average Bonchev–Trinajstić information content (AvgIpc) is 2.37. The molecule has 0 radical (unpaired) electrons. The molecule has 1 aromatic carbocycles. The maximum atomic E-state index is 11.8. The van der Waals surface area contributed by atoms with Crippen LogP contribution in [0.25, 0.3) is 0 Å². The van der Waals surface area contributed by atoms with Crippen molar-refractivity contribution in [2.24, 2.45) is 0 Å². The van der Waals surface area contributed by atoms with Gasteiger partial charge in [-0.3, -0.25) is 4.79 Å². The molecule has 0 aliphatic carbocycles. The normalized spacial score (nSPS) is 15.8. The third kappa shape index (κ3) is 3.98. The van der Waals surface area contributed by atoms with Gasteiger partial charge in [0.1, 0.15) is 0 Å². The van der Waals surface area contributed by atoms with Crippen LogP contribution in [0, 0.1) is 0 Å². The molecule has 2 heteroatoms. The van der Waals surface area contributed by atoms with Crippen LogP contribution >= 0.6 is 0 Å². The topological polar surface area (TPSA) is 20.3 Å². The first-order valence-corrected chi connectivity index (χ1v) is 4.83. The summed E-state index contributed by atoms with van der Waals surface area (Å²) in [6.07, 6.45) is -0.343. The van der Waals surface area contributed by atoms with Crippen molar-refractivity contribution >= 4 is 5.91 Å². The molecule has 0 saturated heterocycles. The number of nitrogens with zero attached hydrogens (tertiary/aromatic N) is 1. The minimum atomic E-state index is -1.10. The Morgan fingerprint density at radius 2 is 2.20 bits per heavy atom. The van der Waals surface area contributed by atoms with Gasteiger partial charge in [-0.1, -0.05) is 36.4 Å². The molecule has 0 heterocycles. The van der Waals surface area contributed by atoms with E-state index in [0.717, 1.165) is 0 Å². The van der Waals surface area contributed by atoms with E-state index in [1.807, 2.05) is 18.2 Å². The van der Waals surface area contributed by atoms with Crippen LogP contribution in [-0.2, 0) is 11.2 Å². The lowest BCUT2D eigenvalue weighted by molar-refractivity contribution is -0.129. The highest BCUT2D eigenvalue weighted by molar-refractivity contribution is 5.76. The van der Waals surface area contributed by atoms with Gasteiger partial charge in [0.25, 0.3) is 0 Å². The minimum absolute atomic E-state index is 0.353. The predicted octanol–water partition coefficient (Wildman–Crippen LogP) is 2.26. The summed E-state index contributed by atoms with van der Waals surface area (Å²) in [5.74, 6) is -0.353. The maximum Gasteiger partial charge on any atom is 0.222 e. The molecule has 0 saturated carbocycles. The third-order valence-corrected chi connectivity index (χ3v) is 2.00. The van der Waals surface area contributed by atoms with Gasteiger partial charge in [0.05, 0.1) is 0 Å². The molecule has 0 N–H and O–H groups in total. The van der Waals surface area contributed by atoms with Crippen LogP contribution in [0.15, 0.2) is 43.0 Å². The lowest BCUT2D eigenvalue weighted by Gasteiger charge is -2.14. The van der Waals surface area contributed by atoms with Crippen LogP contribution in [0.2, 0.25) is 0 Å². The molecule has 15 heavy (non-hydrogen) atoms. The lowest BCUT2D eigenvalue weighted by Crippen LogP contribution is -2.26. The van der Waals surface area contributed by atoms with Crippen molar-refractivity contribution < 1.29 is 7.54 Å². The van der Waals surface area contributed by atoms with E-state index in [-0.39, 0.29) is 5.91 Å². The number of carbonyl (C=O) groups is 1. The largest absolute Gasteiger partial charge is 0.342 e. The number of hydrogen-bond donors (Lipinski definition) is 0. The number of hydrogen-bond acceptors (Lipinski definition) is 1. The Balaban J connectivity index is 2.73. The Morgan fingerprint density at radius 1 is 1.53 bits per heavy atom. The first kappa shape index (κ1) is 8.72. The highest BCUT2D eigenvalue weighted by atomic mass is 16.2. The Kier molecular flexibility index (Phi) is 3.50. The quantitative estimate of drug-likeness (QED) is 0.675. The van der Waals surface area contributed by atoms with Crippen LogP contribution in [0.1, 0.15) is 14.7 Å². The van der Waals surface area contributed by atoms with Crippen LogP contribution in [0.3, 0.4) is 0 Å². The first-order chi connectivity index (χ1) is 8.07. The standard InChI is InChI=1S/C13H17NO/c1-3-11-14(2)13(15)10-9-12-7-5-4-6-8-12/h3-8H,1,9-11H2,2H3/i9D,10D. The Labute approximate surface area is 94.0 Å². The van der Waals surface area contributed by atoms with Gasteiger partial charge in [-0.15, -0.1) is 6.58 Å². The molecule has 0 fully saturated rings. The summed E-state index contributed by atoms with van der Waals surface area (Å²) in [7, 11) is 1.61. The fourth-order valence-electron chi connectivity index (χ4n) is 1.14. The van der Waals surface area contributed by atoms with Gasteiger partial charge >= 0.3 is 0 Å². The molecule has 80 valence electrons. The van der Waals surface area contributed by atoms with Crippen LogP contribution in [0.4, 0.5) is 0 Å². The zero-order valence-electron chi connectivity index (χ0n) is 10.9. The molecule has 2 unspecified atom stereocenters. The van der Waals surface area contributed by atoms with E-state index >= 15 is 0 Å². The molecule has 0 aromatic heterocycles. The molecule has 0 bridgehead atoms. The molecule has 1 aromatic rings. The highest BCUT2D eigenvalue weighted by Crippen LogP contribution is 2.03. The van der Waals surface area contributed by atoms with Crippen molar-refractivity contribution in [1.82, 2.24) is 4.90 Å². The number of aryl methyl sites for hydroxylation is 1. The van der Waals surface area contributed by atoms with E-state index in [0.29, 0.717) is 12.1 Å². The molecular weight excluding hydrogens is 186 g/mol. The van der Waals surface area contributed by atoms with Gasteiger partial charge in [0.15, 0.2) is 0 Å². The lowest BCUT2D eigenvalue weighted by atomic mass is 10.1. The smallest absolute Gasteiger partial charge is 0.222 e. The Bertz CT molecular complexity index is 380. The van der Waals surface area contributed by atoms with E-state index in [1.54, 1.807) is 25.3 Å². The van der Waals surface area contributed by atoms with Gasteiger partial charge in [-0.05, 0) is 12.0 Å². The van der Waals surface area contributed by atoms with E-state index in [4.69, 9.17) is 2.74 Å². The van der Waals surface area contributed by atoms with E-state index in [2.05, 4.69) is 6.58 Å². The highest BCUT2D eigenvalue weighted by Gasteiger charge is 2.06. The summed E-state index contributed by atoms with van der Waals surface area (Å²) in [5.41, 5.74) is 0.688. The molecule has 1 rings (SSSR count). The van der Waals surface area contributed by atoms with Crippen molar-refractivity contribution in [2.75, 3.05) is 13.6 Å². The summed E-state index contributed by atoms with van der Waals surface area (Å²) in [6.45, 7) is 3.94. The monoisotopic (exact) mass is 205 g/mol. The van der Waals surface area contributed by atoms with Gasteiger partial charge in [-0.25, -0.2) is 0 Å². The van der Waals surface area contributed by atoms with E-state index < -0.39 is 12.8 Å². The van der Waals surface area contributed by atoms with Crippen LogP contribution < -0.4 is 0 Å². The number of amides is 1. The van der Waals surface area contributed by atoms with Crippen molar-refractivity contribution in [3.63, 3.8) is 0 Å². The second-order valence-corrected chi connectivity index (χ2v) is 3.25. The first-order valence-electron chi connectivity index (χ1n) is 5.98. The van der Waals surface area contributed by atoms with Crippen molar-refractivity contribution in [1.29, 1.82) is 0 Å². The zero-order valence-corrected chi connectivity index (χ0v) is 8.89. The Hall–Kier alpha value is -1.57. The van der Waals surface area contributed by atoms with Crippen LogP contribution in [-0.4, -0.2) is 24.4 Å². The second-order valence-electron chi connectivity index (χ2n) is 3.25. The van der Waals surface area contributed by atoms with Crippen LogP contribution in [0.5, 0.6) is 0 Å². The molecule has 2 atom stereocenters. The summed E-state index contributed by atoms with van der Waals surface area (Å²) < 4.78 is 15.7. The minimum Gasteiger partial charge on any atom is -0.342 e. The molecule has 0 aliphatic heterocycles. The maximum absolute atomic E-state index is 11.8. The molecule has 1 amide bonds. The molecule has 0 spiro atoms. The van der Waals surface area contributed by atoms with Crippen molar-refractivity contribution in [3.05, 3.63) is 48.6 Å². The van der Waals surface area contributed by atoms with Gasteiger partial charge in [0.2, 0.25) is 5.91 Å². The fourth-order valence-corrected chi connectivity index (χ4v) is 1.14. The fraction of sp³-hybridized carbons (Fsp3) is 0.308. The number of likely N-dealkylation sites (N-methyl/N-ethyl adjacent to an activating group) is 1. The summed E-state index contributed by atoms with van der Waals surface area (Å²) in [6, 6.07) is 8.99. The van der Waals surface area contributed by atoms with Gasteiger partial charge < -0.3 is 4.90 Å².